The van der Waals surface area contributed by atoms with Gasteiger partial charge in [0.2, 0.25) is 0 Å². The zero-order valence-electron chi connectivity index (χ0n) is 25.3. The highest BCUT2D eigenvalue weighted by molar-refractivity contribution is 6.23. The van der Waals surface area contributed by atoms with Crippen LogP contribution < -0.4 is 0 Å². The quantitative estimate of drug-likeness (QED) is 0.154. The third-order valence-electron chi connectivity index (χ3n) is 5.43. The molecule has 0 spiro atoms. The van der Waals surface area contributed by atoms with E-state index in [0.29, 0.717) is 0 Å². The Kier molecular flexibility index (Phi) is 22.1. The molecule has 13 nitrogen and oxygen atoms in total. The summed E-state index contributed by atoms with van der Waals surface area (Å²) in [6, 6.07) is 0. The zero-order valence-corrected chi connectivity index (χ0v) is 25.3. The van der Waals surface area contributed by atoms with Crippen LogP contribution in [0, 0.1) is 11.8 Å². The zero-order chi connectivity index (χ0) is 34.6. The molecule has 0 radical (unpaired) electrons. The Morgan fingerprint density at radius 1 is 0.558 bits per heavy atom. The van der Waals surface area contributed by atoms with Gasteiger partial charge in [0.25, 0.3) is 0 Å². The maximum absolute atomic E-state index is 11.3. The van der Waals surface area contributed by atoms with Gasteiger partial charge in [0, 0.05) is 0 Å². The lowest BCUT2D eigenvalue weighted by molar-refractivity contribution is -0.143. The average molecular weight is 607 g/mol. The second-order valence-electron chi connectivity index (χ2n) is 9.74. The van der Waals surface area contributed by atoms with Gasteiger partial charge in [-0.05, 0) is 48.0 Å². The Labute approximate surface area is 249 Å². The van der Waals surface area contributed by atoms with Crippen molar-refractivity contribution in [1.29, 1.82) is 0 Å². The second kappa shape index (κ2) is 22.1. The fourth-order valence-electron chi connectivity index (χ4n) is 3.42. The van der Waals surface area contributed by atoms with Gasteiger partial charge in [-0.15, -0.1) is 0 Å². The number of carbonyl (C=O) groups is 13. The molecule has 0 aromatic rings. The van der Waals surface area contributed by atoms with Gasteiger partial charge in [0.1, 0.15) is 53.1 Å². The van der Waals surface area contributed by atoms with E-state index < -0.39 is 47.2 Å². The first kappa shape index (κ1) is 42.9. The summed E-state index contributed by atoms with van der Waals surface area (Å²) >= 11 is 0. The van der Waals surface area contributed by atoms with Gasteiger partial charge in [0.05, 0.1) is 55.9 Å². The fraction of sp³-hybridized carbons (Fsp3) is 0.500. The predicted octanol–water partition coefficient (Wildman–Crippen LogP) is 1.26. The minimum absolute atomic E-state index is 0.0718. The first-order chi connectivity index (χ1) is 19.7. The summed E-state index contributed by atoms with van der Waals surface area (Å²) in [6.07, 6.45) is -1.63. The van der Waals surface area contributed by atoms with Crippen molar-refractivity contribution in [3.05, 3.63) is 12.2 Å². The first-order valence-electron chi connectivity index (χ1n) is 12.8. The number of hydrogen-bond donors (Lipinski definition) is 0. The third-order valence-corrected chi connectivity index (χ3v) is 5.43. The van der Waals surface area contributed by atoms with E-state index in [0.717, 1.165) is 0 Å². The summed E-state index contributed by atoms with van der Waals surface area (Å²) in [5, 5.41) is 0. The number of ketones is 12. The van der Waals surface area contributed by atoms with Crippen LogP contribution in [-0.4, -0.2) is 76.2 Å². The summed E-state index contributed by atoms with van der Waals surface area (Å²) < 4.78 is 0. The van der Waals surface area contributed by atoms with Crippen LogP contribution in [0.25, 0.3) is 0 Å². The van der Waals surface area contributed by atoms with E-state index in [4.69, 9.17) is 4.79 Å². The van der Waals surface area contributed by atoms with Crippen LogP contribution in [0.4, 0.5) is 0 Å². The van der Waals surface area contributed by atoms with Crippen LogP contribution in [0.1, 0.15) is 86.5 Å². The summed E-state index contributed by atoms with van der Waals surface area (Å²) in [5.41, 5.74) is -0.193. The van der Waals surface area contributed by atoms with E-state index in [1.807, 2.05) is 6.79 Å². The lowest BCUT2D eigenvalue weighted by atomic mass is 9.76. The fourth-order valence-corrected chi connectivity index (χ4v) is 3.42. The smallest absolute Gasteiger partial charge is 0.173 e. The van der Waals surface area contributed by atoms with Gasteiger partial charge in [-0.2, -0.15) is 0 Å². The van der Waals surface area contributed by atoms with Crippen LogP contribution >= 0.6 is 0 Å². The van der Waals surface area contributed by atoms with E-state index in [2.05, 4.69) is 6.58 Å². The molecule has 43 heavy (non-hydrogen) atoms. The minimum Gasteiger partial charge on any atom is -0.307 e. The molecular formula is C30H38O13. The molecule has 0 N–H and O–H groups in total. The molecule has 0 aromatic carbocycles. The molecule has 0 aromatic heterocycles. The number of allylic oxidation sites excluding steroid dienone is 1. The van der Waals surface area contributed by atoms with Crippen LogP contribution in [0.2, 0.25) is 0 Å². The minimum atomic E-state index is -0.749. The molecule has 2 unspecified atom stereocenters. The van der Waals surface area contributed by atoms with Crippen molar-refractivity contribution in [1.82, 2.24) is 0 Å². The van der Waals surface area contributed by atoms with Gasteiger partial charge in [-0.1, -0.05) is 6.58 Å². The monoisotopic (exact) mass is 606 g/mol. The van der Waals surface area contributed by atoms with Crippen LogP contribution in [0.5, 0.6) is 0 Å². The molecule has 1 fully saturated rings. The Balaban J connectivity index is -0.000000542. The lowest BCUT2D eigenvalue weighted by Crippen LogP contribution is -2.38. The second-order valence-corrected chi connectivity index (χ2v) is 9.74. The van der Waals surface area contributed by atoms with Crippen LogP contribution in [0.3, 0.4) is 0 Å². The van der Waals surface area contributed by atoms with E-state index in [9.17, 15) is 57.5 Å². The van der Waals surface area contributed by atoms with Crippen molar-refractivity contribution in [2.24, 2.45) is 11.8 Å². The summed E-state index contributed by atoms with van der Waals surface area (Å²) in [6.45, 7) is 12.9. The van der Waals surface area contributed by atoms with E-state index in [1.165, 1.54) is 41.5 Å². The molecule has 1 aliphatic carbocycles. The van der Waals surface area contributed by atoms with Crippen molar-refractivity contribution >= 4 is 76.2 Å². The molecule has 0 saturated heterocycles. The molecule has 0 heterocycles. The van der Waals surface area contributed by atoms with Crippen molar-refractivity contribution < 1.29 is 62.3 Å². The van der Waals surface area contributed by atoms with Gasteiger partial charge in [-0.25, -0.2) is 0 Å². The maximum atomic E-state index is 11.3. The molecule has 2 atom stereocenters. The average Bonchev–Trinajstić information content (AvgIpc) is 2.83. The number of Topliss-reactive ketones (excluding diaryl/α,β-unsaturated/α-hetero) is 12. The number of carbonyl (C=O) groups excluding carboxylic acids is 13. The molecule has 236 valence electrons. The van der Waals surface area contributed by atoms with Crippen molar-refractivity contribution in [3.63, 3.8) is 0 Å². The number of rotatable bonds is 14. The van der Waals surface area contributed by atoms with E-state index >= 15 is 0 Å². The molecule has 0 amide bonds. The topological polar surface area (TPSA) is 222 Å². The van der Waals surface area contributed by atoms with Gasteiger partial charge < -0.3 is 4.79 Å². The molecule has 0 aliphatic heterocycles. The van der Waals surface area contributed by atoms with Crippen molar-refractivity contribution in [2.75, 3.05) is 0 Å². The largest absolute Gasteiger partial charge is 0.307 e. The van der Waals surface area contributed by atoms with Crippen molar-refractivity contribution in [2.45, 2.75) is 86.5 Å². The Morgan fingerprint density at radius 2 is 0.860 bits per heavy atom. The summed E-state index contributed by atoms with van der Waals surface area (Å²) in [7, 11) is 0. The SMILES string of the molecule is C=C(C(C)=O)C(=O)CC(=O)CC(C)=O.C=O.CC(=O)C1CC(C(C)=O)C(=O)CC1=O.CC(=O)CC(=O)CC(=O)CC(C)=O. The Bertz CT molecular complexity index is 1130. The molecule has 1 aliphatic rings. The first-order valence-corrected chi connectivity index (χ1v) is 12.8. The highest BCUT2D eigenvalue weighted by Crippen LogP contribution is 2.25. The lowest BCUT2D eigenvalue weighted by Gasteiger charge is -2.23. The van der Waals surface area contributed by atoms with Crippen LogP contribution in [-0.2, 0) is 62.3 Å². The third kappa shape index (κ3) is 20.9. The predicted molar refractivity (Wildman–Crippen MR) is 150 cm³/mol. The highest BCUT2D eigenvalue weighted by atomic mass is 16.2. The van der Waals surface area contributed by atoms with E-state index in [-0.39, 0.29) is 84.6 Å². The molecule has 1 saturated carbocycles. The maximum Gasteiger partial charge on any atom is 0.173 e. The Morgan fingerprint density at radius 3 is 1.12 bits per heavy atom. The molecular weight excluding hydrogens is 568 g/mol. The van der Waals surface area contributed by atoms with E-state index in [1.54, 1.807) is 0 Å². The molecule has 0 bridgehead atoms. The van der Waals surface area contributed by atoms with Gasteiger partial charge in [-0.3, -0.25) is 57.5 Å². The summed E-state index contributed by atoms with van der Waals surface area (Å²) in [5.74, 6) is -5.90. The van der Waals surface area contributed by atoms with Gasteiger partial charge >= 0.3 is 0 Å². The summed E-state index contributed by atoms with van der Waals surface area (Å²) in [4.78, 5) is 139. The van der Waals surface area contributed by atoms with Crippen molar-refractivity contribution in [3.8, 4) is 0 Å². The molecule has 1 rings (SSSR count). The normalized spacial score (nSPS) is 14.9. The Hall–Kier alpha value is -4.55. The van der Waals surface area contributed by atoms with Gasteiger partial charge in [0.15, 0.2) is 23.1 Å². The molecule has 13 heteroatoms. The standard InChI is InChI=1S/2C10H12O4.C9H12O4.CH2O/c1-5(11)7-3-8(6(2)12)10(14)4-9(7)13;1-6(11)4-9(13)5-10(14)7(2)8(3)12;1-6(10)3-8(12)5-9(13)4-7(2)11;1-2/h7-8H,3-4H2,1-2H3;2,4-5H2,1,3H3;3-5H2,1-2H3;1H2. The van der Waals surface area contributed by atoms with Crippen LogP contribution in [0.15, 0.2) is 12.2 Å². The highest BCUT2D eigenvalue weighted by Gasteiger charge is 2.39. The number of hydrogen-bond acceptors (Lipinski definition) is 13.